The molecule has 1 unspecified atom stereocenters. The van der Waals surface area contributed by atoms with Crippen LogP contribution in [0.4, 0.5) is 8.78 Å². The van der Waals surface area contributed by atoms with Crippen LogP contribution in [0.3, 0.4) is 0 Å². The predicted octanol–water partition coefficient (Wildman–Crippen LogP) is 3.17. The third-order valence-corrected chi connectivity index (χ3v) is 4.14. The van der Waals surface area contributed by atoms with Gasteiger partial charge in [-0.3, -0.25) is 4.79 Å². The van der Waals surface area contributed by atoms with Crippen LogP contribution in [0.15, 0.2) is 28.9 Å². The Kier molecular flexibility index (Phi) is 5.82. The number of hydrogen-bond donors (Lipinski definition) is 0. The second kappa shape index (κ2) is 8.27. The van der Waals surface area contributed by atoms with E-state index in [1.807, 2.05) is 0 Å². The molecule has 0 saturated carbocycles. The average Bonchev–Trinajstić information content (AvgIpc) is 3.12. The lowest BCUT2D eigenvalue weighted by atomic mass is 10.1. The Balaban J connectivity index is 1.56. The minimum Gasteiger partial charge on any atom is -0.481 e. The van der Waals surface area contributed by atoms with Gasteiger partial charge in [0.2, 0.25) is 11.7 Å². The lowest BCUT2D eigenvalue weighted by Gasteiger charge is -2.26. The number of likely N-dealkylation sites (N-methyl/N-ethyl adjacent to an activating group) is 1. The van der Waals surface area contributed by atoms with Crippen LogP contribution in [0, 0.1) is 11.6 Å². The van der Waals surface area contributed by atoms with Gasteiger partial charge in [0.15, 0.2) is 23.9 Å². The van der Waals surface area contributed by atoms with Gasteiger partial charge in [0, 0.05) is 20.2 Å². The molecule has 1 aromatic heterocycles. The number of benzene rings is 1. The zero-order chi connectivity index (χ0) is 18.5. The Morgan fingerprint density at radius 2 is 2.23 bits per heavy atom. The molecule has 26 heavy (non-hydrogen) atoms. The van der Waals surface area contributed by atoms with Gasteiger partial charge in [-0.2, -0.15) is 4.39 Å². The zero-order valence-corrected chi connectivity index (χ0v) is 14.4. The standard InChI is InChI=1S/C18H20F2N2O4/c1-22(9-12-5-2-3-8-24-12)18(23)14-10-26-16(21-14)11-25-15-7-4-6-13(19)17(15)20/h4,6-7,10,12H,2-3,5,8-9,11H2,1H3. The number of halogens is 2. The Morgan fingerprint density at radius 1 is 1.38 bits per heavy atom. The number of ether oxygens (including phenoxy) is 2. The predicted molar refractivity (Wildman–Crippen MR) is 87.7 cm³/mol. The molecule has 0 radical (unpaired) electrons. The van der Waals surface area contributed by atoms with Gasteiger partial charge in [-0.15, -0.1) is 0 Å². The van der Waals surface area contributed by atoms with E-state index in [4.69, 9.17) is 13.9 Å². The van der Waals surface area contributed by atoms with Crippen molar-refractivity contribution in [1.29, 1.82) is 0 Å². The molecule has 8 heteroatoms. The molecule has 3 rings (SSSR count). The topological polar surface area (TPSA) is 64.8 Å². The second-order valence-corrected chi connectivity index (χ2v) is 6.14. The van der Waals surface area contributed by atoms with Crippen molar-refractivity contribution in [3.8, 4) is 5.75 Å². The third-order valence-electron chi connectivity index (χ3n) is 4.14. The number of hydrogen-bond acceptors (Lipinski definition) is 5. The molecule has 0 N–H and O–H groups in total. The SMILES string of the molecule is CN(CC1CCCCO1)C(=O)c1coc(COc2cccc(F)c2F)n1. The summed E-state index contributed by atoms with van der Waals surface area (Å²) in [6.07, 6.45) is 4.32. The quantitative estimate of drug-likeness (QED) is 0.786. The second-order valence-electron chi connectivity index (χ2n) is 6.14. The molecule has 140 valence electrons. The van der Waals surface area contributed by atoms with Crippen molar-refractivity contribution in [3.05, 3.63) is 47.7 Å². The van der Waals surface area contributed by atoms with E-state index in [9.17, 15) is 13.6 Å². The summed E-state index contributed by atoms with van der Waals surface area (Å²) in [4.78, 5) is 18.0. The smallest absolute Gasteiger partial charge is 0.275 e. The molecule has 1 amide bonds. The molecule has 2 heterocycles. The van der Waals surface area contributed by atoms with Crippen molar-refractivity contribution in [2.24, 2.45) is 0 Å². The first-order chi connectivity index (χ1) is 12.5. The summed E-state index contributed by atoms with van der Waals surface area (Å²) in [5, 5.41) is 0. The van der Waals surface area contributed by atoms with Gasteiger partial charge in [0.1, 0.15) is 6.26 Å². The van der Waals surface area contributed by atoms with E-state index in [1.54, 1.807) is 7.05 Å². The number of nitrogens with zero attached hydrogens (tertiary/aromatic N) is 2. The lowest BCUT2D eigenvalue weighted by molar-refractivity contribution is -0.000293. The fraction of sp³-hybridized carbons (Fsp3) is 0.444. The highest BCUT2D eigenvalue weighted by Gasteiger charge is 2.22. The Labute approximate surface area is 149 Å². The molecule has 0 bridgehead atoms. The number of carbonyl (C=O) groups is 1. The van der Waals surface area contributed by atoms with Crippen molar-refractivity contribution in [2.45, 2.75) is 32.0 Å². The van der Waals surface area contributed by atoms with Crippen LogP contribution in [0.1, 0.15) is 35.6 Å². The molecular weight excluding hydrogens is 346 g/mol. The van der Waals surface area contributed by atoms with Gasteiger partial charge in [-0.05, 0) is 31.4 Å². The first kappa shape index (κ1) is 18.3. The van der Waals surface area contributed by atoms with Crippen molar-refractivity contribution < 1.29 is 27.5 Å². The molecule has 1 aromatic carbocycles. The summed E-state index contributed by atoms with van der Waals surface area (Å²) in [6, 6.07) is 3.63. The van der Waals surface area contributed by atoms with Gasteiger partial charge in [-0.1, -0.05) is 6.07 Å². The summed E-state index contributed by atoms with van der Waals surface area (Å²) in [5.74, 6) is -2.53. The van der Waals surface area contributed by atoms with E-state index in [-0.39, 0.29) is 36.0 Å². The van der Waals surface area contributed by atoms with Crippen molar-refractivity contribution in [2.75, 3.05) is 20.2 Å². The van der Waals surface area contributed by atoms with Crippen LogP contribution in [-0.4, -0.2) is 42.1 Å². The number of oxazole rings is 1. The first-order valence-corrected chi connectivity index (χ1v) is 8.43. The highest BCUT2D eigenvalue weighted by Crippen LogP contribution is 2.20. The summed E-state index contributed by atoms with van der Waals surface area (Å²) in [6.45, 7) is 0.976. The Hall–Kier alpha value is -2.48. The molecule has 1 fully saturated rings. The molecule has 1 aliphatic heterocycles. The Bertz CT molecular complexity index is 759. The molecule has 0 spiro atoms. The Morgan fingerprint density at radius 3 is 3.00 bits per heavy atom. The number of aromatic nitrogens is 1. The third kappa shape index (κ3) is 4.37. The van der Waals surface area contributed by atoms with E-state index in [1.165, 1.54) is 23.3 Å². The van der Waals surface area contributed by atoms with Crippen LogP contribution in [0.25, 0.3) is 0 Å². The monoisotopic (exact) mass is 366 g/mol. The van der Waals surface area contributed by atoms with Crippen molar-refractivity contribution in [3.63, 3.8) is 0 Å². The molecule has 1 aliphatic rings. The number of amides is 1. The highest BCUT2D eigenvalue weighted by atomic mass is 19.2. The maximum Gasteiger partial charge on any atom is 0.275 e. The summed E-state index contributed by atoms with van der Waals surface area (Å²) in [7, 11) is 1.67. The summed E-state index contributed by atoms with van der Waals surface area (Å²) >= 11 is 0. The summed E-state index contributed by atoms with van der Waals surface area (Å²) < 4.78 is 42.7. The maximum atomic E-state index is 13.5. The van der Waals surface area contributed by atoms with Gasteiger partial charge in [0.25, 0.3) is 5.91 Å². The zero-order valence-electron chi connectivity index (χ0n) is 14.4. The number of carbonyl (C=O) groups excluding carboxylic acids is 1. The van der Waals surface area contributed by atoms with E-state index < -0.39 is 11.6 Å². The van der Waals surface area contributed by atoms with Crippen LogP contribution in [0.5, 0.6) is 5.75 Å². The van der Waals surface area contributed by atoms with Gasteiger partial charge >= 0.3 is 0 Å². The van der Waals surface area contributed by atoms with E-state index >= 15 is 0 Å². The van der Waals surface area contributed by atoms with Crippen LogP contribution in [0.2, 0.25) is 0 Å². The summed E-state index contributed by atoms with van der Waals surface area (Å²) in [5.41, 5.74) is 0.127. The molecule has 2 aromatic rings. The van der Waals surface area contributed by atoms with Gasteiger partial charge in [-0.25, -0.2) is 9.37 Å². The first-order valence-electron chi connectivity index (χ1n) is 8.43. The molecule has 1 atom stereocenters. The molecule has 1 saturated heterocycles. The number of rotatable bonds is 6. The molecule has 6 nitrogen and oxygen atoms in total. The van der Waals surface area contributed by atoms with Crippen molar-refractivity contribution >= 4 is 5.91 Å². The average molecular weight is 366 g/mol. The fourth-order valence-corrected chi connectivity index (χ4v) is 2.75. The van der Waals surface area contributed by atoms with Crippen LogP contribution < -0.4 is 4.74 Å². The van der Waals surface area contributed by atoms with E-state index in [0.717, 1.165) is 31.9 Å². The highest BCUT2D eigenvalue weighted by molar-refractivity contribution is 5.91. The van der Waals surface area contributed by atoms with Crippen LogP contribution >= 0.6 is 0 Å². The van der Waals surface area contributed by atoms with Crippen molar-refractivity contribution in [1.82, 2.24) is 9.88 Å². The largest absolute Gasteiger partial charge is 0.481 e. The van der Waals surface area contributed by atoms with Gasteiger partial charge < -0.3 is 18.8 Å². The minimum absolute atomic E-state index is 0.0309. The van der Waals surface area contributed by atoms with E-state index in [0.29, 0.717) is 6.54 Å². The molecule has 0 aliphatic carbocycles. The normalized spacial score (nSPS) is 17.1. The van der Waals surface area contributed by atoms with Gasteiger partial charge in [0.05, 0.1) is 6.10 Å². The molecular formula is C18H20F2N2O4. The van der Waals surface area contributed by atoms with E-state index in [2.05, 4.69) is 4.98 Å². The van der Waals surface area contributed by atoms with Crippen LogP contribution in [-0.2, 0) is 11.3 Å². The fourth-order valence-electron chi connectivity index (χ4n) is 2.75. The minimum atomic E-state index is -1.08. The maximum absolute atomic E-state index is 13.5. The lowest BCUT2D eigenvalue weighted by Crippen LogP contribution is -2.37.